The molecule has 3 rings (SSSR count). The topological polar surface area (TPSA) is 61.1 Å². The SMILES string of the molecule is CCN(c1cccc(C)c1)c1ccc(N=Nc2ccc(Br)cn2)c(O)c1. The van der Waals surface area contributed by atoms with E-state index in [1.165, 1.54) is 5.56 Å². The maximum Gasteiger partial charge on any atom is 0.174 e. The Balaban J connectivity index is 1.85. The molecule has 0 atom stereocenters. The minimum Gasteiger partial charge on any atom is -0.506 e. The van der Waals surface area contributed by atoms with Crippen molar-refractivity contribution in [1.82, 2.24) is 4.98 Å². The molecular formula is C20H19BrN4O. The van der Waals surface area contributed by atoms with Gasteiger partial charge in [0.25, 0.3) is 0 Å². The number of aryl methyl sites for hydroxylation is 1. The maximum absolute atomic E-state index is 10.4. The lowest BCUT2D eigenvalue weighted by Crippen LogP contribution is -2.15. The summed E-state index contributed by atoms with van der Waals surface area (Å²) in [5.41, 5.74) is 3.58. The van der Waals surface area contributed by atoms with Gasteiger partial charge in [0.05, 0.1) is 0 Å². The van der Waals surface area contributed by atoms with Crippen LogP contribution >= 0.6 is 15.9 Å². The molecule has 0 spiro atoms. The van der Waals surface area contributed by atoms with Gasteiger partial charge in [-0.1, -0.05) is 12.1 Å². The standard InChI is InChI=1S/C20H19BrN4O/c1-3-25(16-6-4-5-14(2)11-16)17-8-9-18(19(26)12-17)23-24-20-10-7-15(21)13-22-20/h4-13,26H,3H2,1-2H3. The van der Waals surface area contributed by atoms with E-state index in [0.717, 1.165) is 22.4 Å². The number of aromatic nitrogens is 1. The monoisotopic (exact) mass is 410 g/mol. The van der Waals surface area contributed by atoms with E-state index in [2.05, 4.69) is 68.1 Å². The highest BCUT2D eigenvalue weighted by Crippen LogP contribution is 2.35. The van der Waals surface area contributed by atoms with Gasteiger partial charge < -0.3 is 10.0 Å². The van der Waals surface area contributed by atoms with E-state index in [0.29, 0.717) is 11.5 Å². The Kier molecular flexibility index (Phi) is 5.63. The molecule has 0 saturated carbocycles. The van der Waals surface area contributed by atoms with Gasteiger partial charge >= 0.3 is 0 Å². The smallest absolute Gasteiger partial charge is 0.174 e. The fraction of sp³-hybridized carbons (Fsp3) is 0.150. The van der Waals surface area contributed by atoms with E-state index in [-0.39, 0.29) is 5.75 Å². The van der Waals surface area contributed by atoms with Gasteiger partial charge in [0.1, 0.15) is 11.4 Å². The highest BCUT2D eigenvalue weighted by molar-refractivity contribution is 9.10. The number of hydrogen-bond donors (Lipinski definition) is 1. The second-order valence-electron chi connectivity index (χ2n) is 5.79. The lowest BCUT2D eigenvalue weighted by molar-refractivity contribution is 0.476. The zero-order valence-corrected chi connectivity index (χ0v) is 16.2. The molecule has 0 bridgehead atoms. The van der Waals surface area contributed by atoms with Crippen LogP contribution in [0.15, 0.2) is 75.5 Å². The number of anilines is 2. The van der Waals surface area contributed by atoms with Crippen molar-refractivity contribution in [3.05, 3.63) is 70.8 Å². The number of phenolic OH excluding ortho intramolecular Hbond substituents is 1. The molecule has 0 aliphatic rings. The van der Waals surface area contributed by atoms with E-state index < -0.39 is 0 Å². The van der Waals surface area contributed by atoms with Gasteiger partial charge in [-0.15, -0.1) is 10.2 Å². The van der Waals surface area contributed by atoms with Gasteiger partial charge in [0, 0.05) is 34.7 Å². The van der Waals surface area contributed by atoms with Crippen molar-refractivity contribution >= 4 is 38.8 Å². The normalized spacial score (nSPS) is 11.0. The van der Waals surface area contributed by atoms with Crippen molar-refractivity contribution < 1.29 is 5.11 Å². The van der Waals surface area contributed by atoms with Gasteiger partial charge in [-0.05, 0) is 71.7 Å². The molecule has 0 aliphatic heterocycles. The van der Waals surface area contributed by atoms with Crippen molar-refractivity contribution in [3.8, 4) is 5.75 Å². The molecule has 132 valence electrons. The van der Waals surface area contributed by atoms with Crippen LogP contribution < -0.4 is 4.90 Å². The van der Waals surface area contributed by atoms with E-state index in [1.807, 2.05) is 18.2 Å². The second-order valence-corrected chi connectivity index (χ2v) is 6.71. The summed E-state index contributed by atoms with van der Waals surface area (Å²) in [6.45, 7) is 4.92. The van der Waals surface area contributed by atoms with Crippen LogP contribution in [-0.2, 0) is 0 Å². The number of nitrogens with zero attached hydrogens (tertiary/aromatic N) is 4. The Labute approximate surface area is 161 Å². The molecule has 0 amide bonds. The Bertz CT molecular complexity index is 925. The number of phenols is 1. The summed E-state index contributed by atoms with van der Waals surface area (Å²) < 4.78 is 0.874. The molecule has 6 heteroatoms. The summed E-state index contributed by atoms with van der Waals surface area (Å²) in [6.07, 6.45) is 1.65. The lowest BCUT2D eigenvalue weighted by Gasteiger charge is -2.24. The van der Waals surface area contributed by atoms with Crippen molar-refractivity contribution in [2.45, 2.75) is 13.8 Å². The fourth-order valence-electron chi connectivity index (χ4n) is 2.61. The minimum absolute atomic E-state index is 0.0782. The Morgan fingerprint density at radius 3 is 2.50 bits per heavy atom. The Hall–Kier alpha value is -2.73. The Morgan fingerprint density at radius 2 is 1.85 bits per heavy atom. The average molecular weight is 411 g/mol. The van der Waals surface area contributed by atoms with Crippen LogP contribution in [0, 0.1) is 6.92 Å². The fourth-order valence-corrected chi connectivity index (χ4v) is 2.84. The number of hydrogen-bond acceptors (Lipinski definition) is 5. The molecule has 1 heterocycles. The van der Waals surface area contributed by atoms with Crippen LogP contribution in [0.3, 0.4) is 0 Å². The van der Waals surface area contributed by atoms with Crippen molar-refractivity contribution in [2.24, 2.45) is 10.2 Å². The third kappa shape index (κ3) is 4.26. The first-order valence-corrected chi connectivity index (χ1v) is 9.06. The molecule has 0 fully saturated rings. The third-order valence-electron chi connectivity index (χ3n) is 3.87. The predicted octanol–water partition coefficient (Wildman–Crippen LogP) is 6.43. The number of halogens is 1. The Morgan fingerprint density at radius 1 is 1.04 bits per heavy atom. The second kappa shape index (κ2) is 8.10. The molecule has 1 aromatic heterocycles. The highest BCUT2D eigenvalue weighted by Gasteiger charge is 2.10. The molecular weight excluding hydrogens is 392 g/mol. The van der Waals surface area contributed by atoms with E-state index in [9.17, 15) is 5.11 Å². The van der Waals surface area contributed by atoms with Gasteiger partial charge in [-0.3, -0.25) is 0 Å². The minimum atomic E-state index is 0.0782. The molecule has 5 nitrogen and oxygen atoms in total. The summed E-state index contributed by atoms with van der Waals surface area (Å²) in [5, 5.41) is 18.5. The first-order chi connectivity index (χ1) is 12.6. The molecule has 3 aromatic rings. The van der Waals surface area contributed by atoms with E-state index >= 15 is 0 Å². The molecule has 0 saturated heterocycles. The number of rotatable bonds is 5. The molecule has 1 N–H and O–H groups in total. The third-order valence-corrected chi connectivity index (χ3v) is 4.34. The molecule has 2 aromatic carbocycles. The summed E-state index contributed by atoms with van der Waals surface area (Å²) in [4.78, 5) is 6.26. The van der Waals surface area contributed by atoms with Crippen LogP contribution in [0.1, 0.15) is 12.5 Å². The van der Waals surface area contributed by atoms with Crippen molar-refractivity contribution in [3.63, 3.8) is 0 Å². The van der Waals surface area contributed by atoms with Crippen molar-refractivity contribution in [1.29, 1.82) is 0 Å². The van der Waals surface area contributed by atoms with E-state index in [4.69, 9.17) is 0 Å². The zero-order chi connectivity index (χ0) is 18.5. The predicted molar refractivity (Wildman–Crippen MR) is 108 cm³/mol. The summed E-state index contributed by atoms with van der Waals surface area (Å²) in [5.74, 6) is 0.557. The summed E-state index contributed by atoms with van der Waals surface area (Å²) >= 11 is 3.33. The first-order valence-electron chi connectivity index (χ1n) is 8.27. The number of pyridine rings is 1. The maximum atomic E-state index is 10.4. The summed E-state index contributed by atoms with van der Waals surface area (Å²) in [6, 6.07) is 17.2. The average Bonchev–Trinajstić information content (AvgIpc) is 2.63. The van der Waals surface area contributed by atoms with Crippen LogP contribution in [-0.4, -0.2) is 16.6 Å². The largest absolute Gasteiger partial charge is 0.506 e. The van der Waals surface area contributed by atoms with Crippen LogP contribution in [0.4, 0.5) is 22.9 Å². The van der Waals surface area contributed by atoms with Crippen LogP contribution in [0.2, 0.25) is 0 Å². The highest BCUT2D eigenvalue weighted by atomic mass is 79.9. The van der Waals surface area contributed by atoms with Gasteiger partial charge in [0.2, 0.25) is 0 Å². The van der Waals surface area contributed by atoms with Gasteiger partial charge in [-0.25, -0.2) is 4.98 Å². The summed E-state index contributed by atoms with van der Waals surface area (Å²) in [7, 11) is 0. The first kappa shape index (κ1) is 18.1. The molecule has 0 aliphatic carbocycles. The van der Waals surface area contributed by atoms with Gasteiger partial charge in [-0.2, -0.15) is 0 Å². The van der Waals surface area contributed by atoms with Crippen LogP contribution in [0.25, 0.3) is 0 Å². The number of aromatic hydroxyl groups is 1. The van der Waals surface area contributed by atoms with E-state index in [1.54, 1.807) is 24.4 Å². The van der Waals surface area contributed by atoms with Gasteiger partial charge in [0.15, 0.2) is 5.82 Å². The molecule has 0 unspecified atom stereocenters. The molecule has 26 heavy (non-hydrogen) atoms. The van der Waals surface area contributed by atoms with Crippen LogP contribution in [0.5, 0.6) is 5.75 Å². The lowest BCUT2D eigenvalue weighted by atomic mass is 10.1. The number of azo groups is 1. The van der Waals surface area contributed by atoms with Crippen molar-refractivity contribution in [2.75, 3.05) is 11.4 Å². The number of benzene rings is 2. The molecule has 0 radical (unpaired) electrons. The quantitative estimate of drug-likeness (QED) is 0.492. The zero-order valence-electron chi connectivity index (χ0n) is 14.6.